The number of carbonyl (C=O) groups excluding carboxylic acids is 4. The number of rotatable bonds is 13. The van der Waals surface area contributed by atoms with Gasteiger partial charge in [-0.1, -0.05) is 39.8 Å². The largest absolute Gasteiger partial charge is 0.481 e. The third-order valence-electron chi connectivity index (χ3n) is 11.8. The molecule has 19 nitrogen and oxygen atoms in total. The Morgan fingerprint density at radius 3 is 2.08 bits per heavy atom. The maximum Gasteiger partial charge on any atom is 0.309 e. The molecule has 0 aromatic rings. The molecule has 3 saturated heterocycles. The molecule has 4 heterocycles. The standard InChI is InChI=1S/C41H67NO16.C3H6O2/c1-11-30(45)55-29-19-32(47)51-22(4)18-28-27(54-28)14-13-26(44)21(3)17-25(15-16-43)37(38(29)50-10)58-40-35(48)34(42(8)9)36(23(5)53-40)57-33-20-41(7,49)39(24(6)52-33)56-31(46)12-2;1-2-3(4)5/h13-14,16,21-29,33-40,44,48-49H,11-12,15,17-20H2,1-10H3;2H2,1H3,(H,4,5)/b14-13+;/t21?,22?,23-,24-,25?,26?,27?,28?,29?,33-,34-,35-,36-,37?,38?,39-,40+,41+;/m0./s1. The minimum Gasteiger partial charge on any atom is -0.481 e. The highest BCUT2D eigenvalue weighted by Crippen LogP contribution is 2.38. The van der Waals surface area contributed by atoms with Crippen LogP contribution < -0.4 is 0 Å². The minimum absolute atomic E-state index is 0.00499. The number of ether oxygens (including phenoxy) is 9. The smallest absolute Gasteiger partial charge is 0.309 e. The third kappa shape index (κ3) is 15.8. The second kappa shape index (κ2) is 25.0. The maximum atomic E-state index is 13.4. The first-order valence-electron chi connectivity index (χ1n) is 22.1. The lowest BCUT2D eigenvalue weighted by Gasteiger charge is -2.50. The first-order chi connectivity index (χ1) is 29.6. The molecule has 0 aliphatic carbocycles. The zero-order valence-electron chi connectivity index (χ0n) is 38.7. The van der Waals surface area contributed by atoms with Crippen molar-refractivity contribution in [2.45, 2.75) is 204 Å². The molecule has 0 amide bonds. The molecule has 18 atom stereocenters. The van der Waals surface area contributed by atoms with Crippen LogP contribution in [0.25, 0.3) is 0 Å². The molecule has 0 aromatic heterocycles. The minimum atomic E-state index is -1.49. The Balaban J connectivity index is 0.00000199. The summed E-state index contributed by atoms with van der Waals surface area (Å²) < 4.78 is 54.4. The Morgan fingerprint density at radius 2 is 1.52 bits per heavy atom. The van der Waals surface area contributed by atoms with Gasteiger partial charge in [0.25, 0.3) is 0 Å². The van der Waals surface area contributed by atoms with Crippen molar-refractivity contribution in [2.75, 3.05) is 21.2 Å². The number of fused-ring (bicyclic) bond motifs is 1. The molecule has 9 unspecified atom stereocenters. The Bertz CT molecular complexity index is 1510. The average Bonchev–Trinajstić information content (AvgIpc) is 3.95. The SMILES string of the molecule is CCC(=O)O.CCC(=O)OC1CC(=O)OC(C)CC2OC2/C=C/C(O)C(C)CC(CC=O)C(O[C@H]2O[C@@H](C)[C@H](O[C@H]3C[C@@](C)(O)[C@@H](OC(=O)CC)[C@H](C)O3)[C@@H](N(C)C)[C@@H]2O)C1OC. The highest BCUT2D eigenvalue weighted by Gasteiger charge is 2.53. The van der Waals surface area contributed by atoms with E-state index in [1.807, 2.05) is 6.92 Å². The van der Waals surface area contributed by atoms with E-state index in [9.17, 15) is 39.3 Å². The van der Waals surface area contributed by atoms with Gasteiger partial charge in [-0.05, 0) is 60.0 Å². The molecule has 3 fully saturated rings. The van der Waals surface area contributed by atoms with Gasteiger partial charge in [0.15, 0.2) is 18.7 Å². The predicted molar refractivity (Wildman–Crippen MR) is 223 cm³/mol. The van der Waals surface area contributed by atoms with Gasteiger partial charge in [-0.15, -0.1) is 0 Å². The van der Waals surface area contributed by atoms with Crippen molar-refractivity contribution < 1.29 is 87.0 Å². The number of aliphatic hydroxyl groups is 3. The second-order valence-electron chi connectivity index (χ2n) is 17.4. The van der Waals surface area contributed by atoms with E-state index in [1.54, 1.807) is 79.6 Å². The molecule has 0 bridgehead atoms. The first-order valence-corrected chi connectivity index (χ1v) is 22.1. The fraction of sp³-hybridized carbons (Fsp3) is 0.841. The van der Waals surface area contributed by atoms with Crippen LogP contribution in [-0.2, 0) is 66.6 Å². The Hall–Kier alpha value is -3.11. The summed E-state index contributed by atoms with van der Waals surface area (Å²) in [6, 6.07) is -0.783. The monoisotopic (exact) mass is 903 g/mol. The number of methoxy groups -OCH3 is 1. The van der Waals surface area contributed by atoms with Gasteiger partial charge in [0, 0.05) is 45.6 Å². The van der Waals surface area contributed by atoms with Gasteiger partial charge in [-0.3, -0.25) is 19.2 Å². The van der Waals surface area contributed by atoms with Crippen LogP contribution in [0.4, 0.5) is 0 Å². The van der Waals surface area contributed by atoms with Crippen LogP contribution in [0.1, 0.15) is 107 Å². The Morgan fingerprint density at radius 1 is 0.889 bits per heavy atom. The first kappa shape index (κ1) is 54.2. The average molecular weight is 904 g/mol. The molecule has 0 radical (unpaired) electrons. The fourth-order valence-electron chi connectivity index (χ4n) is 8.36. The van der Waals surface area contributed by atoms with Crippen LogP contribution >= 0.6 is 0 Å². The highest BCUT2D eigenvalue weighted by molar-refractivity contribution is 5.72. The summed E-state index contributed by atoms with van der Waals surface area (Å²) in [5.41, 5.74) is -1.49. The van der Waals surface area contributed by atoms with Crippen molar-refractivity contribution >= 4 is 30.2 Å². The number of nitrogens with zero attached hydrogens (tertiary/aromatic N) is 1. The quantitative estimate of drug-likeness (QED) is 0.0681. The fourth-order valence-corrected chi connectivity index (χ4v) is 8.36. The van der Waals surface area contributed by atoms with E-state index in [4.69, 9.17) is 47.7 Å². The van der Waals surface area contributed by atoms with Crippen molar-refractivity contribution in [3.63, 3.8) is 0 Å². The van der Waals surface area contributed by atoms with Gasteiger partial charge in [0.1, 0.15) is 48.5 Å². The normalized spacial score (nSPS) is 40.6. The molecule has 4 aliphatic heterocycles. The molecule has 0 spiro atoms. The number of carbonyl (C=O) groups is 5. The van der Waals surface area contributed by atoms with Gasteiger partial charge in [0.2, 0.25) is 0 Å². The molecule has 63 heavy (non-hydrogen) atoms. The molecule has 4 aliphatic rings. The van der Waals surface area contributed by atoms with Crippen molar-refractivity contribution in [3.8, 4) is 0 Å². The van der Waals surface area contributed by atoms with Crippen LogP contribution in [0.3, 0.4) is 0 Å². The van der Waals surface area contributed by atoms with Gasteiger partial charge in [-0.2, -0.15) is 0 Å². The maximum absolute atomic E-state index is 13.4. The van der Waals surface area contributed by atoms with Crippen LogP contribution in [0.5, 0.6) is 0 Å². The van der Waals surface area contributed by atoms with E-state index in [1.165, 1.54) is 7.11 Å². The lowest BCUT2D eigenvalue weighted by molar-refractivity contribution is -0.344. The Labute approximate surface area is 370 Å². The molecular weight excluding hydrogens is 830 g/mol. The van der Waals surface area contributed by atoms with Crippen molar-refractivity contribution in [2.24, 2.45) is 11.8 Å². The van der Waals surface area contributed by atoms with E-state index in [0.717, 1.165) is 0 Å². The van der Waals surface area contributed by atoms with Gasteiger partial charge in [-0.25, -0.2) is 0 Å². The predicted octanol–water partition coefficient (Wildman–Crippen LogP) is 2.46. The summed E-state index contributed by atoms with van der Waals surface area (Å²) >= 11 is 0. The molecule has 362 valence electrons. The number of hydrogen-bond acceptors (Lipinski definition) is 18. The van der Waals surface area contributed by atoms with Crippen LogP contribution in [0.2, 0.25) is 0 Å². The molecule has 0 saturated carbocycles. The summed E-state index contributed by atoms with van der Waals surface area (Å²) in [6.07, 6.45) is -7.86. The van der Waals surface area contributed by atoms with Gasteiger partial charge < -0.3 is 72.8 Å². The zero-order chi connectivity index (χ0) is 47.3. The summed E-state index contributed by atoms with van der Waals surface area (Å²) in [7, 11) is 4.86. The number of hydrogen-bond donors (Lipinski definition) is 4. The number of esters is 3. The van der Waals surface area contributed by atoms with Gasteiger partial charge >= 0.3 is 23.9 Å². The number of carboxylic acid groups (broad SMARTS) is 1. The third-order valence-corrected chi connectivity index (χ3v) is 11.8. The summed E-state index contributed by atoms with van der Waals surface area (Å²) in [6.45, 7) is 13.4. The highest BCUT2D eigenvalue weighted by atomic mass is 16.7. The number of aliphatic hydroxyl groups excluding tert-OH is 2. The summed E-state index contributed by atoms with van der Waals surface area (Å²) in [4.78, 5) is 61.8. The van der Waals surface area contributed by atoms with Crippen LogP contribution in [-0.4, -0.2) is 174 Å². The molecular formula is C44H73NO18. The van der Waals surface area contributed by atoms with E-state index in [2.05, 4.69) is 0 Å². The lowest BCUT2D eigenvalue weighted by Crippen LogP contribution is -2.66. The summed E-state index contributed by atoms with van der Waals surface area (Å²) in [5, 5.41) is 42.4. The zero-order valence-corrected chi connectivity index (χ0v) is 38.7. The van der Waals surface area contributed by atoms with Crippen LogP contribution in [0.15, 0.2) is 12.2 Å². The van der Waals surface area contributed by atoms with E-state index in [-0.39, 0.29) is 50.7 Å². The number of aliphatic carboxylic acids is 1. The number of aldehydes is 1. The molecule has 4 rings (SSSR count). The topological polar surface area (TPSA) is 256 Å². The van der Waals surface area contributed by atoms with Crippen molar-refractivity contribution in [1.29, 1.82) is 0 Å². The molecule has 4 N–H and O–H groups in total. The number of likely N-dealkylation sites (N-methyl/N-ethyl adjacent to an activating group) is 1. The molecule has 0 aromatic carbocycles. The van der Waals surface area contributed by atoms with E-state index < -0.39 is 127 Å². The number of epoxide rings is 1. The molecule has 19 heteroatoms. The lowest BCUT2D eigenvalue weighted by atomic mass is 9.82. The van der Waals surface area contributed by atoms with Crippen molar-refractivity contribution in [1.82, 2.24) is 4.90 Å². The van der Waals surface area contributed by atoms with Gasteiger partial charge in [0.05, 0.1) is 43.0 Å². The van der Waals surface area contributed by atoms with E-state index in [0.29, 0.717) is 12.7 Å². The van der Waals surface area contributed by atoms with Crippen molar-refractivity contribution in [3.05, 3.63) is 12.2 Å². The number of cyclic esters (lactones) is 1. The van der Waals surface area contributed by atoms with E-state index >= 15 is 0 Å². The Kier molecular flexibility index (Phi) is 21.5. The number of carboxylic acids is 1. The summed E-state index contributed by atoms with van der Waals surface area (Å²) in [5.74, 6) is -3.61. The van der Waals surface area contributed by atoms with Crippen LogP contribution in [0, 0.1) is 11.8 Å². The second-order valence-corrected chi connectivity index (χ2v) is 17.4.